The van der Waals surface area contributed by atoms with Gasteiger partial charge in [0.05, 0.1) is 11.4 Å². The van der Waals surface area contributed by atoms with Crippen LogP contribution in [0.3, 0.4) is 0 Å². The maximum atomic E-state index is 2.49. The lowest BCUT2D eigenvalue weighted by atomic mass is 9.81. The SMILES string of the molecule is CC1(C)c2cc(N(c3ccccc3-c3ccccc3-c3ccccc3-c3ccccc3)c3cccc4ccccc34)ccc2-c2cc3ccccc3cc21. The zero-order valence-electron chi connectivity index (χ0n) is 30.5. The average molecular weight is 690 g/mol. The Morgan fingerprint density at radius 2 is 0.852 bits per heavy atom. The van der Waals surface area contributed by atoms with Crippen molar-refractivity contribution in [2.45, 2.75) is 19.3 Å². The van der Waals surface area contributed by atoms with Crippen molar-refractivity contribution in [1.29, 1.82) is 0 Å². The molecule has 10 rings (SSSR count). The molecular formula is C53H39N. The highest BCUT2D eigenvalue weighted by Crippen LogP contribution is 2.53. The first-order valence-corrected chi connectivity index (χ1v) is 18.9. The second kappa shape index (κ2) is 12.8. The summed E-state index contributed by atoms with van der Waals surface area (Å²) in [5.41, 5.74) is 15.9. The number of rotatable bonds is 6. The van der Waals surface area contributed by atoms with E-state index in [1.165, 1.54) is 77.2 Å². The molecule has 0 aromatic heterocycles. The summed E-state index contributed by atoms with van der Waals surface area (Å²) in [6.07, 6.45) is 0. The molecule has 0 aliphatic heterocycles. The molecule has 9 aromatic rings. The lowest BCUT2D eigenvalue weighted by Gasteiger charge is -2.31. The quantitative estimate of drug-likeness (QED) is 0.168. The highest BCUT2D eigenvalue weighted by Gasteiger charge is 2.36. The first kappa shape index (κ1) is 32.0. The van der Waals surface area contributed by atoms with Gasteiger partial charge in [-0.05, 0) is 103 Å². The minimum Gasteiger partial charge on any atom is -0.309 e. The van der Waals surface area contributed by atoms with Crippen LogP contribution in [-0.4, -0.2) is 0 Å². The zero-order chi connectivity index (χ0) is 36.2. The van der Waals surface area contributed by atoms with Gasteiger partial charge in [0.25, 0.3) is 0 Å². The Balaban J connectivity index is 1.20. The van der Waals surface area contributed by atoms with Crippen LogP contribution in [0, 0.1) is 0 Å². The normalized spacial score (nSPS) is 12.8. The van der Waals surface area contributed by atoms with E-state index in [4.69, 9.17) is 0 Å². The predicted molar refractivity (Wildman–Crippen MR) is 230 cm³/mol. The summed E-state index contributed by atoms with van der Waals surface area (Å²) in [4.78, 5) is 2.49. The molecule has 256 valence electrons. The van der Waals surface area contributed by atoms with Crippen molar-refractivity contribution in [2.24, 2.45) is 0 Å². The minimum absolute atomic E-state index is 0.164. The van der Waals surface area contributed by atoms with Gasteiger partial charge in [-0.25, -0.2) is 0 Å². The summed E-state index contributed by atoms with van der Waals surface area (Å²) in [6, 6.07) is 73.4. The van der Waals surface area contributed by atoms with Crippen LogP contribution in [-0.2, 0) is 5.41 Å². The fraction of sp³-hybridized carbons (Fsp3) is 0.0566. The van der Waals surface area contributed by atoms with Crippen molar-refractivity contribution in [2.75, 3.05) is 4.90 Å². The minimum atomic E-state index is -0.164. The third kappa shape index (κ3) is 5.16. The van der Waals surface area contributed by atoms with Gasteiger partial charge in [-0.1, -0.05) is 178 Å². The lowest BCUT2D eigenvalue weighted by molar-refractivity contribution is 0.661. The molecule has 1 nitrogen and oxygen atoms in total. The molecule has 0 N–H and O–H groups in total. The number of benzene rings is 9. The van der Waals surface area contributed by atoms with Crippen LogP contribution in [0.4, 0.5) is 17.1 Å². The molecule has 9 aromatic carbocycles. The van der Waals surface area contributed by atoms with Gasteiger partial charge in [-0.2, -0.15) is 0 Å². The molecule has 1 heteroatoms. The molecule has 0 saturated carbocycles. The molecule has 54 heavy (non-hydrogen) atoms. The summed E-state index contributed by atoms with van der Waals surface area (Å²) in [5, 5.41) is 5.00. The number of hydrogen-bond donors (Lipinski definition) is 0. The maximum absolute atomic E-state index is 2.49. The van der Waals surface area contributed by atoms with Gasteiger partial charge in [0.1, 0.15) is 0 Å². The van der Waals surface area contributed by atoms with E-state index in [1.807, 2.05) is 0 Å². The van der Waals surface area contributed by atoms with Gasteiger partial charge >= 0.3 is 0 Å². The molecule has 0 unspecified atom stereocenters. The molecule has 0 heterocycles. The number of anilines is 3. The van der Waals surface area contributed by atoms with E-state index < -0.39 is 0 Å². The highest BCUT2D eigenvalue weighted by molar-refractivity contribution is 6.03. The van der Waals surface area contributed by atoms with Gasteiger partial charge in [-0.15, -0.1) is 0 Å². The van der Waals surface area contributed by atoms with E-state index in [9.17, 15) is 0 Å². The number of para-hydroxylation sites is 1. The van der Waals surface area contributed by atoms with Crippen molar-refractivity contribution in [3.63, 3.8) is 0 Å². The highest BCUT2D eigenvalue weighted by atomic mass is 15.1. The standard InChI is InChI=1S/C53H39N/c1-53(2)49-34-39-21-7-6-20-38(39)33-48(49)46-32-31-40(35-50(46)53)54(51-30-16-22-37-19-8-9-24-42(37)51)52-29-15-14-28-47(52)45-27-13-12-26-44(45)43-25-11-10-23-41(43)36-17-4-3-5-18-36/h3-35H,1-2H3. The summed E-state index contributed by atoms with van der Waals surface area (Å²) in [7, 11) is 0. The van der Waals surface area contributed by atoms with Gasteiger partial charge in [-0.3, -0.25) is 0 Å². The first-order chi connectivity index (χ1) is 26.6. The molecule has 0 bridgehead atoms. The van der Waals surface area contributed by atoms with Gasteiger partial charge in [0.15, 0.2) is 0 Å². The Morgan fingerprint density at radius 3 is 1.61 bits per heavy atom. The van der Waals surface area contributed by atoms with Crippen LogP contribution in [0.15, 0.2) is 200 Å². The summed E-state index contributed by atoms with van der Waals surface area (Å²) >= 11 is 0. The third-order valence-corrected chi connectivity index (χ3v) is 11.5. The number of hydrogen-bond acceptors (Lipinski definition) is 1. The lowest BCUT2D eigenvalue weighted by Crippen LogP contribution is -2.17. The van der Waals surface area contributed by atoms with Gasteiger partial charge < -0.3 is 4.90 Å². The van der Waals surface area contributed by atoms with Crippen molar-refractivity contribution >= 4 is 38.6 Å². The summed E-state index contributed by atoms with van der Waals surface area (Å²) in [6.45, 7) is 4.76. The van der Waals surface area contributed by atoms with Crippen LogP contribution in [0.2, 0.25) is 0 Å². The van der Waals surface area contributed by atoms with Crippen LogP contribution in [0.1, 0.15) is 25.0 Å². The molecule has 1 aliphatic carbocycles. The van der Waals surface area contributed by atoms with E-state index >= 15 is 0 Å². The molecule has 0 atom stereocenters. The predicted octanol–water partition coefficient (Wildman–Crippen LogP) is 14.8. The molecule has 0 spiro atoms. The zero-order valence-corrected chi connectivity index (χ0v) is 30.5. The Bertz CT molecular complexity index is 2860. The van der Waals surface area contributed by atoms with Gasteiger partial charge in [0, 0.05) is 22.1 Å². The fourth-order valence-electron chi connectivity index (χ4n) is 8.80. The monoisotopic (exact) mass is 689 g/mol. The molecular weight excluding hydrogens is 651 g/mol. The number of fused-ring (bicyclic) bond motifs is 5. The van der Waals surface area contributed by atoms with Gasteiger partial charge in [0.2, 0.25) is 0 Å². The largest absolute Gasteiger partial charge is 0.309 e. The van der Waals surface area contributed by atoms with E-state index in [0.717, 1.165) is 17.1 Å². The summed E-state index contributed by atoms with van der Waals surface area (Å²) in [5.74, 6) is 0. The van der Waals surface area contributed by atoms with Crippen LogP contribution in [0.25, 0.3) is 66.1 Å². The first-order valence-electron chi connectivity index (χ1n) is 18.9. The Morgan fingerprint density at radius 1 is 0.333 bits per heavy atom. The van der Waals surface area contributed by atoms with Crippen LogP contribution < -0.4 is 4.90 Å². The topological polar surface area (TPSA) is 3.24 Å². The molecule has 0 radical (unpaired) electrons. The van der Waals surface area contributed by atoms with Crippen molar-refractivity contribution in [3.8, 4) is 44.5 Å². The number of nitrogens with zero attached hydrogens (tertiary/aromatic N) is 1. The Kier molecular flexibility index (Phi) is 7.56. The smallest absolute Gasteiger partial charge is 0.0540 e. The van der Waals surface area contributed by atoms with Crippen molar-refractivity contribution in [1.82, 2.24) is 0 Å². The van der Waals surface area contributed by atoms with E-state index in [-0.39, 0.29) is 5.41 Å². The Labute approximate surface area is 317 Å². The fourth-order valence-corrected chi connectivity index (χ4v) is 8.80. The third-order valence-electron chi connectivity index (χ3n) is 11.5. The maximum Gasteiger partial charge on any atom is 0.0540 e. The van der Waals surface area contributed by atoms with E-state index in [1.54, 1.807) is 0 Å². The van der Waals surface area contributed by atoms with Crippen LogP contribution in [0.5, 0.6) is 0 Å². The molecule has 0 amide bonds. The molecule has 0 fully saturated rings. The van der Waals surface area contributed by atoms with E-state index in [2.05, 4.69) is 219 Å². The molecule has 1 aliphatic rings. The van der Waals surface area contributed by atoms with Crippen molar-refractivity contribution in [3.05, 3.63) is 211 Å². The molecule has 0 saturated heterocycles. The van der Waals surface area contributed by atoms with Crippen molar-refractivity contribution < 1.29 is 0 Å². The van der Waals surface area contributed by atoms with E-state index in [0.29, 0.717) is 0 Å². The second-order valence-electron chi connectivity index (χ2n) is 14.9. The second-order valence-corrected chi connectivity index (χ2v) is 14.9. The van der Waals surface area contributed by atoms with Crippen LogP contribution >= 0.6 is 0 Å². The summed E-state index contributed by atoms with van der Waals surface area (Å²) < 4.78 is 0. The average Bonchev–Trinajstić information content (AvgIpc) is 3.45. The Hall–Kier alpha value is -6.70.